The van der Waals surface area contributed by atoms with Crippen molar-refractivity contribution in [2.24, 2.45) is 0 Å². The van der Waals surface area contributed by atoms with E-state index in [4.69, 9.17) is 9.15 Å². The summed E-state index contributed by atoms with van der Waals surface area (Å²) in [6, 6.07) is 17.8. The Morgan fingerprint density at radius 2 is 1.69 bits per heavy atom. The topological polar surface area (TPSA) is 68.5 Å². The molecule has 0 saturated carbocycles. The average molecular weight is 367 g/mol. The van der Waals surface area contributed by atoms with Gasteiger partial charge in [0.1, 0.15) is 16.9 Å². The van der Waals surface area contributed by atoms with Crippen LogP contribution < -0.4 is 9.46 Å². The molecule has 0 unspecified atom stereocenters. The van der Waals surface area contributed by atoms with Crippen LogP contribution in [0.3, 0.4) is 0 Å². The molecule has 3 aromatic carbocycles. The molecule has 0 aliphatic rings. The smallest absolute Gasteiger partial charge is 0.261 e. The van der Waals surface area contributed by atoms with E-state index >= 15 is 0 Å². The summed E-state index contributed by atoms with van der Waals surface area (Å²) in [5.74, 6) is 0.646. The van der Waals surface area contributed by atoms with Crippen LogP contribution in [-0.2, 0) is 10.0 Å². The standard InChI is InChI=1S/C20H17NO4S/c1-13-11-15(8-10-18(13)24-2)26(22,23)21-14-7-9-17-16-5-3-4-6-19(16)25-20(17)12-14/h3-12,21H,1-2H3. The lowest BCUT2D eigenvalue weighted by Gasteiger charge is -2.10. The van der Waals surface area contributed by atoms with E-state index in [1.165, 1.54) is 6.07 Å². The number of benzene rings is 3. The zero-order chi connectivity index (χ0) is 18.3. The third-order valence-electron chi connectivity index (χ3n) is 4.31. The number of para-hydroxylation sites is 1. The summed E-state index contributed by atoms with van der Waals surface area (Å²) in [4.78, 5) is 0.181. The van der Waals surface area contributed by atoms with Gasteiger partial charge in [0.25, 0.3) is 10.0 Å². The van der Waals surface area contributed by atoms with E-state index in [-0.39, 0.29) is 4.90 Å². The van der Waals surface area contributed by atoms with Gasteiger partial charge >= 0.3 is 0 Å². The molecule has 0 amide bonds. The number of hydrogen-bond donors (Lipinski definition) is 1. The fourth-order valence-corrected chi connectivity index (χ4v) is 4.16. The van der Waals surface area contributed by atoms with Crippen LogP contribution >= 0.6 is 0 Å². The third kappa shape index (κ3) is 2.78. The molecule has 0 spiro atoms. The SMILES string of the molecule is COc1ccc(S(=O)(=O)Nc2ccc3c(c2)oc2ccccc23)cc1C. The second-order valence-corrected chi connectivity index (χ2v) is 7.73. The van der Waals surface area contributed by atoms with Crippen molar-refractivity contribution in [3.63, 3.8) is 0 Å². The Labute approximate surface area is 151 Å². The molecule has 0 fully saturated rings. The maximum absolute atomic E-state index is 12.7. The van der Waals surface area contributed by atoms with Crippen LogP contribution in [0.1, 0.15) is 5.56 Å². The number of rotatable bonds is 4. The summed E-state index contributed by atoms with van der Waals surface area (Å²) >= 11 is 0. The molecule has 132 valence electrons. The average Bonchev–Trinajstić information content (AvgIpc) is 2.99. The highest BCUT2D eigenvalue weighted by Crippen LogP contribution is 2.31. The van der Waals surface area contributed by atoms with Crippen LogP contribution in [0.4, 0.5) is 5.69 Å². The Balaban J connectivity index is 1.71. The molecule has 1 heterocycles. The molecule has 1 N–H and O–H groups in total. The van der Waals surface area contributed by atoms with E-state index in [1.54, 1.807) is 38.3 Å². The van der Waals surface area contributed by atoms with Crippen LogP contribution in [-0.4, -0.2) is 15.5 Å². The van der Waals surface area contributed by atoms with Crippen molar-refractivity contribution in [1.82, 2.24) is 0 Å². The van der Waals surface area contributed by atoms with Crippen molar-refractivity contribution in [2.75, 3.05) is 11.8 Å². The molecule has 1 aromatic heterocycles. The van der Waals surface area contributed by atoms with Gasteiger partial charge in [-0.25, -0.2) is 8.42 Å². The van der Waals surface area contributed by atoms with E-state index in [1.807, 2.05) is 30.3 Å². The van der Waals surface area contributed by atoms with Crippen molar-refractivity contribution >= 4 is 37.6 Å². The maximum atomic E-state index is 12.7. The van der Waals surface area contributed by atoms with E-state index < -0.39 is 10.0 Å². The first kappa shape index (κ1) is 16.5. The zero-order valence-corrected chi connectivity index (χ0v) is 15.1. The molecule has 0 bridgehead atoms. The monoisotopic (exact) mass is 367 g/mol. The summed E-state index contributed by atoms with van der Waals surface area (Å²) in [6.07, 6.45) is 0. The van der Waals surface area contributed by atoms with Crippen LogP contribution in [0.25, 0.3) is 21.9 Å². The highest BCUT2D eigenvalue weighted by Gasteiger charge is 2.16. The van der Waals surface area contributed by atoms with Gasteiger partial charge in [-0.2, -0.15) is 0 Å². The molecular formula is C20H17NO4S. The quantitative estimate of drug-likeness (QED) is 0.567. The fraction of sp³-hybridized carbons (Fsp3) is 0.100. The van der Waals surface area contributed by atoms with Gasteiger partial charge in [0.05, 0.1) is 17.7 Å². The lowest BCUT2D eigenvalue weighted by molar-refractivity contribution is 0.411. The second kappa shape index (κ2) is 6.07. The molecule has 0 atom stereocenters. The minimum atomic E-state index is -3.71. The Morgan fingerprint density at radius 1 is 0.923 bits per heavy atom. The maximum Gasteiger partial charge on any atom is 0.261 e. The van der Waals surface area contributed by atoms with Gasteiger partial charge in [-0.3, -0.25) is 4.72 Å². The summed E-state index contributed by atoms with van der Waals surface area (Å²) in [6.45, 7) is 1.80. The number of sulfonamides is 1. The van der Waals surface area contributed by atoms with Crippen LogP contribution in [0.5, 0.6) is 5.75 Å². The lowest BCUT2D eigenvalue weighted by Crippen LogP contribution is -2.13. The molecule has 0 saturated heterocycles. The Morgan fingerprint density at radius 3 is 2.46 bits per heavy atom. The first-order valence-corrected chi connectivity index (χ1v) is 9.55. The number of furan rings is 1. The van der Waals surface area contributed by atoms with Crippen LogP contribution in [0.15, 0.2) is 70.0 Å². The largest absolute Gasteiger partial charge is 0.496 e. The molecule has 0 aliphatic heterocycles. The van der Waals surface area contributed by atoms with Crippen molar-refractivity contribution in [1.29, 1.82) is 0 Å². The van der Waals surface area contributed by atoms with Crippen LogP contribution in [0.2, 0.25) is 0 Å². The van der Waals surface area contributed by atoms with E-state index in [0.29, 0.717) is 17.0 Å². The Kier molecular flexibility index (Phi) is 3.85. The predicted octanol–water partition coefficient (Wildman–Crippen LogP) is 4.70. The number of methoxy groups -OCH3 is 1. The summed E-state index contributed by atoms with van der Waals surface area (Å²) in [5.41, 5.74) is 2.61. The highest BCUT2D eigenvalue weighted by atomic mass is 32.2. The Bertz CT molecular complexity index is 1230. The van der Waals surface area contributed by atoms with Crippen molar-refractivity contribution in [2.45, 2.75) is 11.8 Å². The van der Waals surface area contributed by atoms with Crippen molar-refractivity contribution in [3.8, 4) is 5.75 Å². The van der Waals surface area contributed by atoms with Gasteiger partial charge in [-0.15, -0.1) is 0 Å². The molecular weight excluding hydrogens is 350 g/mol. The molecule has 6 heteroatoms. The molecule has 0 radical (unpaired) electrons. The number of fused-ring (bicyclic) bond motifs is 3. The first-order chi connectivity index (χ1) is 12.5. The number of anilines is 1. The van der Waals surface area contributed by atoms with Gasteiger partial charge in [0.15, 0.2) is 0 Å². The third-order valence-corrected chi connectivity index (χ3v) is 5.69. The Hall–Kier alpha value is -2.99. The van der Waals surface area contributed by atoms with Gasteiger partial charge in [0, 0.05) is 16.8 Å². The minimum absolute atomic E-state index is 0.181. The van der Waals surface area contributed by atoms with Gasteiger partial charge in [-0.05, 0) is 48.9 Å². The molecule has 26 heavy (non-hydrogen) atoms. The highest BCUT2D eigenvalue weighted by molar-refractivity contribution is 7.92. The van der Waals surface area contributed by atoms with Gasteiger partial charge in [0.2, 0.25) is 0 Å². The normalized spacial score (nSPS) is 11.8. The van der Waals surface area contributed by atoms with Crippen molar-refractivity contribution < 1.29 is 17.6 Å². The second-order valence-electron chi connectivity index (χ2n) is 6.05. The van der Waals surface area contributed by atoms with E-state index in [0.717, 1.165) is 21.9 Å². The summed E-state index contributed by atoms with van der Waals surface area (Å²) in [7, 11) is -2.15. The molecule has 5 nitrogen and oxygen atoms in total. The molecule has 4 rings (SSSR count). The summed E-state index contributed by atoms with van der Waals surface area (Å²) < 4.78 is 39.0. The van der Waals surface area contributed by atoms with Gasteiger partial charge in [-0.1, -0.05) is 18.2 Å². The van der Waals surface area contributed by atoms with E-state index in [9.17, 15) is 8.42 Å². The molecule has 0 aliphatic carbocycles. The fourth-order valence-electron chi connectivity index (χ4n) is 3.02. The number of nitrogens with one attached hydrogen (secondary N) is 1. The number of hydrogen-bond acceptors (Lipinski definition) is 4. The zero-order valence-electron chi connectivity index (χ0n) is 14.3. The van der Waals surface area contributed by atoms with Crippen molar-refractivity contribution in [3.05, 3.63) is 66.2 Å². The summed E-state index contributed by atoms with van der Waals surface area (Å²) in [5, 5.41) is 1.95. The predicted molar refractivity (Wildman–Crippen MR) is 102 cm³/mol. The minimum Gasteiger partial charge on any atom is -0.496 e. The molecule has 4 aromatic rings. The first-order valence-electron chi connectivity index (χ1n) is 8.07. The number of aryl methyl sites for hydroxylation is 1. The van der Waals surface area contributed by atoms with E-state index in [2.05, 4.69) is 4.72 Å². The van der Waals surface area contributed by atoms with Crippen LogP contribution in [0, 0.1) is 6.92 Å². The lowest BCUT2D eigenvalue weighted by atomic mass is 10.1. The number of ether oxygens (including phenoxy) is 1. The van der Waals surface area contributed by atoms with Gasteiger partial charge < -0.3 is 9.15 Å².